The molecule has 0 bridgehead atoms. The summed E-state index contributed by atoms with van der Waals surface area (Å²) in [5.74, 6) is -2.15. The Bertz CT molecular complexity index is 1290. The zero-order valence-corrected chi connectivity index (χ0v) is 18.0. The number of carbonyl (C=O) groups excluding carboxylic acids is 4. The lowest BCUT2D eigenvalue weighted by molar-refractivity contribution is -0.139. The van der Waals surface area contributed by atoms with Gasteiger partial charge in [0.05, 0.1) is 33.4 Å². The fourth-order valence-corrected chi connectivity index (χ4v) is 4.32. The zero-order valence-electron chi connectivity index (χ0n) is 17.2. The van der Waals surface area contributed by atoms with E-state index in [4.69, 9.17) is 16.3 Å². The molecule has 2 aliphatic heterocycles. The zero-order chi connectivity index (χ0) is 23.1. The van der Waals surface area contributed by atoms with E-state index in [0.717, 1.165) is 4.90 Å². The molecule has 0 spiro atoms. The summed E-state index contributed by atoms with van der Waals surface area (Å²) in [6.45, 7) is 0.152. The summed E-state index contributed by atoms with van der Waals surface area (Å²) in [6.07, 6.45) is 0.00214. The summed E-state index contributed by atoms with van der Waals surface area (Å²) in [7, 11) is 0. The number of nitrogens with zero attached hydrogens (tertiary/aromatic N) is 2. The number of rotatable bonds is 4. The van der Waals surface area contributed by atoms with Gasteiger partial charge in [0, 0.05) is 19.0 Å². The first-order valence-corrected chi connectivity index (χ1v) is 10.7. The summed E-state index contributed by atoms with van der Waals surface area (Å²) in [4.78, 5) is 53.2. The minimum absolute atomic E-state index is 0.00214. The standard InChI is InChI=1S/C25H17ClN2O5/c26-20-10-3-4-11-21(20)27-14-15(12-22(27)29)25(32)33-17-7-5-6-16(13-17)28-23(30)18-8-1-2-9-19(18)24(28)31/h1-11,13,15H,12,14H2/t15-/m1/s1. The van der Waals surface area contributed by atoms with Gasteiger partial charge in [-0.3, -0.25) is 19.2 Å². The number of imide groups is 1. The van der Waals surface area contributed by atoms with Crippen LogP contribution in [0, 0.1) is 5.92 Å². The van der Waals surface area contributed by atoms with E-state index in [1.54, 1.807) is 66.7 Å². The van der Waals surface area contributed by atoms with Gasteiger partial charge in [0.2, 0.25) is 5.91 Å². The number of carbonyl (C=O) groups is 4. The lowest BCUT2D eigenvalue weighted by atomic mass is 10.1. The minimum atomic E-state index is -0.670. The van der Waals surface area contributed by atoms with Crippen molar-refractivity contribution >= 4 is 46.7 Å². The molecule has 1 fully saturated rings. The van der Waals surface area contributed by atoms with Crippen molar-refractivity contribution in [1.82, 2.24) is 0 Å². The fourth-order valence-electron chi connectivity index (χ4n) is 4.08. The minimum Gasteiger partial charge on any atom is -0.426 e. The highest BCUT2D eigenvalue weighted by Crippen LogP contribution is 2.33. The number of amides is 3. The molecule has 164 valence electrons. The second-order valence-electron chi connectivity index (χ2n) is 7.77. The second-order valence-corrected chi connectivity index (χ2v) is 8.17. The molecular weight excluding hydrogens is 444 g/mol. The monoisotopic (exact) mass is 460 g/mol. The molecule has 1 atom stereocenters. The predicted octanol–water partition coefficient (Wildman–Crippen LogP) is 4.10. The van der Waals surface area contributed by atoms with E-state index in [1.165, 1.54) is 11.0 Å². The molecule has 3 aromatic rings. The molecule has 0 N–H and O–H groups in total. The van der Waals surface area contributed by atoms with E-state index in [2.05, 4.69) is 0 Å². The number of anilines is 2. The molecule has 0 radical (unpaired) electrons. The number of esters is 1. The van der Waals surface area contributed by atoms with Crippen molar-refractivity contribution in [3.63, 3.8) is 0 Å². The first-order valence-electron chi connectivity index (χ1n) is 10.3. The topological polar surface area (TPSA) is 84.0 Å². The molecule has 2 aliphatic rings. The summed E-state index contributed by atoms with van der Waals surface area (Å²) in [6, 6.07) is 19.7. The molecule has 0 aliphatic carbocycles. The first kappa shape index (κ1) is 20.9. The number of ether oxygens (including phenoxy) is 1. The van der Waals surface area contributed by atoms with E-state index < -0.39 is 23.7 Å². The second kappa shape index (κ2) is 8.18. The number of halogens is 1. The SMILES string of the molecule is O=C(Oc1cccc(N2C(=O)c3ccccc3C2=O)c1)[C@@H]1CC(=O)N(c2ccccc2Cl)C1. The molecule has 8 heteroatoms. The molecule has 0 unspecified atom stereocenters. The molecule has 5 rings (SSSR count). The normalized spacial score (nSPS) is 17.5. The van der Waals surface area contributed by atoms with Gasteiger partial charge in [-0.05, 0) is 36.4 Å². The third-order valence-electron chi connectivity index (χ3n) is 5.69. The van der Waals surface area contributed by atoms with Crippen LogP contribution in [0.25, 0.3) is 0 Å². The molecule has 0 saturated carbocycles. The van der Waals surface area contributed by atoms with Crippen LogP contribution in [0.15, 0.2) is 72.8 Å². The van der Waals surface area contributed by atoms with Gasteiger partial charge in [-0.2, -0.15) is 0 Å². The van der Waals surface area contributed by atoms with Gasteiger partial charge in [-0.25, -0.2) is 4.90 Å². The van der Waals surface area contributed by atoms with Crippen molar-refractivity contribution in [2.75, 3.05) is 16.3 Å². The molecular formula is C25H17ClN2O5. The Hall–Kier alpha value is -3.97. The van der Waals surface area contributed by atoms with Crippen LogP contribution < -0.4 is 14.5 Å². The summed E-state index contributed by atoms with van der Waals surface area (Å²) in [5, 5.41) is 0.425. The van der Waals surface area contributed by atoms with E-state index in [0.29, 0.717) is 27.5 Å². The highest BCUT2D eigenvalue weighted by molar-refractivity contribution is 6.34. The molecule has 0 aromatic heterocycles. The number of para-hydroxylation sites is 1. The third-order valence-corrected chi connectivity index (χ3v) is 6.01. The fraction of sp³-hybridized carbons (Fsp3) is 0.120. The maximum Gasteiger partial charge on any atom is 0.316 e. The van der Waals surface area contributed by atoms with Crippen LogP contribution in [-0.2, 0) is 9.59 Å². The molecule has 1 saturated heterocycles. The first-order chi connectivity index (χ1) is 15.9. The largest absolute Gasteiger partial charge is 0.426 e. The van der Waals surface area contributed by atoms with Crippen molar-refractivity contribution in [3.05, 3.63) is 88.9 Å². The van der Waals surface area contributed by atoms with Gasteiger partial charge < -0.3 is 9.64 Å². The van der Waals surface area contributed by atoms with E-state index in [1.807, 2.05) is 0 Å². The Morgan fingerprint density at radius 2 is 1.55 bits per heavy atom. The van der Waals surface area contributed by atoms with Crippen LogP contribution in [0.3, 0.4) is 0 Å². The summed E-state index contributed by atoms with van der Waals surface area (Å²) in [5.41, 5.74) is 1.50. The number of hydrogen-bond acceptors (Lipinski definition) is 5. The lowest BCUT2D eigenvalue weighted by Gasteiger charge is -2.18. The number of fused-ring (bicyclic) bond motifs is 1. The van der Waals surface area contributed by atoms with Gasteiger partial charge in [-0.15, -0.1) is 0 Å². The number of hydrogen-bond donors (Lipinski definition) is 0. The number of benzene rings is 3. The van der Waals surface area contributed by atoms with Crippen LogP contribution >= 0.6 is 11.6 Å². The van der Waals surface area contributed by atoms with Crippen molar-refractivity contribution in [3.8, 4) is 5.75 Å². The van der Waals surface area contributed by atoms with Gasteiger partial charge in [0.1, 0.15) is 5.75 Å². The highest BCUT2D eigenvalue weighted by atomic mass is 35.5. The van der Waals surface area contributed by atoms with Crippen LogP contribution in [-0.4, -0.2) is 30.2 Å². The molecule has 3 amide bonds. The Balaban J connectivity index is 1.32. The average molecular weight is 461 g/mol. The molecule has 33 heavy (non-hydrogen) atoms. The van der Waals surface area contributed by atoms with E-state index in [-0.39, 0.29) is 24.6 Å². The Labute approximate surface area is 194 Å². The van der Waals surface area contributed by atoms with Crippen LogP contribution in [0.1, 0.15) is 27.1 Å². The van der Waals surface area contributed by atoms with Crippen molar-refractivity contribution < 1.29 is 23.9 Å². The Morgan fingerprint density at radius 1 is 0.879 bits per heavy atom. The third kappa shape index (κ3) is 3.66. The quantitative estimate of drug-likeness (QED) is 0.332. The highest BCUT2D eigenvalue weighted by Gasteiger charge is 2.38. The summed E-state index contributed by atoms with van der Waals surface area (Å²) >= 11 is 6.19. The van der Waals surface area contributed by atoms with Crippen molar-refractivity contribution in [2.24, 2.45) is 5.92 Å². The molecule has 2 heterocycles. The van der Waals surface area contributed by atoms with Gasteiger partial charge in [0.25, 0.3) is 11.8 Å². The molecule has 7 nitrogen and oxygen atoms in total. The van der Waals surface area contributed by atoms with Crippen molar-refractivity contribution in [1.29, 1.82) is 0 Å². The maximum atomic E-state index is 12.8. The van der Waals surface area contributed by atoms with Gasteiger partial charge >= 0.3 is 5.97 Å². The van der Waals surface area contributed by atoms with Crippen molar-refractivity contribution in [2.45, 2.75) is 6.42 Å². The Morgan fingerprint density at radius 3 is 2.24 bits per heavy atom. The van der Waals surface area contributed by atoms with Crippen LogP contribution in [0.4, 0.5) is 11.4 Å². The predicted molar refractivity (Wildman–Crippen MR) is 122 cm³/mol. The smallest absolute Gasteiger partial charge is 0.316 e. The van der Waals surface area contributed by atoms with E-state index in [9.17, 15) is 19.2 Å². The van der Waals surface area contributed by atoms with Gasteiger partial charge in [0.15, 0.2) is 0 Å². The van der Waals surface area contributed by atoms with E-state index >= 15 is 0 Å². The van der Waals surface area contributed by atoms with Gasteiger partial charge in [-0.1, -0.05) is 41.9 Å². The maximum absolute atomic E-state index is 12.8. The summed E-state index contributed by atoms with van der Waals surface area (Å²) < 4.78 is 5.51. The molecule has 3 aromatic carbocycles. The lowest BCUT2D eigenvalue weighted by Crippen LogP contribution is -2.29. The van der Waals surface area contributed by atoms with Crippen LogP contribution in [0.2, 0.25) is 5.02 Å². The Kier molecular flexibility index (Phi) is 5.18. The van der Waals surface area contributed by atoms with Crippen LogP contribution in [0.5, 0.6) is 5.75 Å². The average Bonchev–Trinajstić information content (AvgIpc) is 3.32.